The second-order valence-corrected chi connectivity index (χ2v) is 7.51. The minimum atomic E-state index is 0.541. The lowest BCUT2D eigenvalue weighted by molar-refractivity contribution is 0.358. The maximum atomic E-state index is 4.78. The molecule has 0 radical (unpaired) electrons. The van der Waals surface area contributed by atoms with Crippen molar-refractivity contribution in [2.24, 2.45) is 10.4 Å². The highest BCUT2D eigenvalue weighted by Gasteiger charge is 2.36. The van der Waals surface area contributed by atoms with Crippen LogP contribution >= 0.6 is 11.8 Å². The highest BCUT2D eigenvalue weighted by Crippen LogP contribution is 2.43. The summed E-state index contributed by atoms with van der Waals surface area (Å²) < 4.78 is 2.10. The Bertz CT molecular complexity index is 514. The van der Waals surface area contributed by atoms with E-state index in [1.807, 2.05) is 18.7 Å². The standard InChI is InChI=1S/C16H26N4S/c1-13-10-14(2)20(19-13)9-5-8-17-15-18-11-16(12-21-15)6-3-4-7-16/h10H,3-9,11-12H2,1-2H3,(H,17,18). The number of amidine groups is 1. The SMILES string of the molecule is Cc1cc(C)n(CCCNC2=NCC3(CCCC3)CS2)n1. The van der Waals surface area contributed by atoms with Crippen molar-refractivity contribution < 1.29 is 0 Å². The first-order valence-corrected chi connectivity index (χ1v) is 9.08. The molecule has 1 fully saturated rings. The van der Waals surface area contributed by atoms with Crippen LogP contribution in [0.25, 0.3) is 0 Å². The number of rotatable bonds is 4. The van der Waals surface area contributed by atoms with Crippen molar-refractivity contribution in [3.8, 4) is 0 Å². The first-order valence-electron chi connectivity index (χ1n) is 8.09. The van der Waals surface area contributed by atoms with E-state index in [2.05, 4.69) is 28.1 Å². The molecule has 1 aromatic rings. The van der Waals surface area contributed by atoms with E-state index in [4.69, 9.17) is 4.99 Å². The molecule has 1 saturated carbocycles. The highest BCUT2D eigenvalue weighted by molar-refractivity contribution is 8.13. The summed E-state index contributed by atoms with van der Waals surface area (Å²) in [5.41, 5.74) is 2.90. The molecule has 1 N–H and O–H groups in total. The smallest absolute Gasteiger partial charge is 0.156 e. The number of hydrogen-bond donors (Lipinski definition) is 1. The van der Waals surface area contributed by atoms with E-state index in [-0.39, 0.29) is 0 Å². The number of thioether (sulfide) groups is 1. The van der Waals surface area contributed by atoms with Gasteiger partial charge in [-0.25, -0.2) is 0 Å². The van der Waals surface area contributed by atoms with Crippen LogP contribution < -0.4 is 5.32 Å². The molecule has 0 unspecified atom stereocenters. The summed E-state index contributed by atoms with van der Waals surface area (Å²) in [4.78, 5) is 4.78. The molecule has 1 aliphatic carbocycles. The Morgan fingerprint density at radius 2 is 2.14 bits per heavy atom. The van der Waals surface area contributed by atoms with Crippen molar-refractivity contribution >= 4 is 16.9 Å². The molecule has 4 nitrogen and oxygen atoms in total. The molecule has 2 aliphatic rings. The van der Waals surface area contributed by atoms with Gasteiger partial charge in [0.25, 0.3) is 0 Å². The number of hydrogen-bond acceptors (Lipinski definition) is 4. The quantitative estimate of drug-likeness (QED) is 0.869. The van der Waals surface area contributed by atoms with Gasteiger partial charge in [-0.3, -0.25) is 9.67 Å². The molecular formula is C16H26N4S. The van der Waals surface area contributed by atoms with Gasteiger partial charge in [0.15, 0.2) is 5.17 Å². The maximum absolute atomic E-state index is 4.78. The average molecular weight is 306 g/mol. The van der Waals surface area contributed by atoms with E-state index in [1.165, 1.54) is 37.1 Å². The monoisotopic (exact) mass is 306 g/mol. The van der Waals surface area contributed by atoms with Crippen LogP contribution in [0.5, 0.6) is 0 Å². The van der Waals surface area contributed by atoms with Crippen molar-refractivity contribution in [1.29, 1.82) is 0 Å². The molecule has 21 heavy (non-hydrogen) atoms. The predicted molar refractivity (Wildman–Crippen MR) is 90.0 cm³/mol. The molecule has 1 aliphatic heterocycles. The van der Waals surface area contributed by atoms with Gasteiger partial charge in [0.2, 0.25) is 0 Å². The Labute approximate surface area is 131 Å². The molecule has 0 aromatic carbocycles. The summed E-state index contributed by atoms with van der Waals surface area (Å²) in [6.07, 6.45) is 6.67. The van der Waals surface area contributed by atoms with Gasteiger partial charge in [0.05, 0.1) is 5.69 Å². The van der Waals surface area contributed by atoms with Crippen molar-refractivity contribution in [3.63, 3.8) is 0 Å². The molecule has 1 spiro atoms. The number of nitrogens with one attached hydrogen (secondary N) is 1. The zero-order valence-electron chi connectivity index (χ0n) is 13.2. The van der Waals surface area contributed by atoms with E-state index >= 15 is 0 Å². The lowest BCUT2D eigenvalue weighted by atomic mass is 9.89. The summed E-state index contributed by atoms with van der Waals surface area (Å²) in [6.45, 7) is 7.18. The minimum Gasteiger partial charge on any atom is -0.365 e. The topological polar surface area (TPSA) is 42.2 Å². The Balaban J connectivity index is 1.40. The summed E-state index contributed by atoms with van der Waals surface area (Å²) in [7, 11) is 0. The summed E-state index contributed by atoms with van der Waals surface area (Å²) in [5, 5.41) is 9.15. The first kappa shape index (κ1) is 14.9. The third-order valence-electron chi connectivity index (χ3n) is 4.66. The van der Waals surface area contributed by atoms with Crippen LogP contribution in [0.15, 0.2) is 11.1 Å². The number of aliphatic imine (C=N–C) groups is 1. The summed E-state index contributed by atoms with van der Waals surface area (Å²) >= 11 is 1.93. The molecule has 116 valence electrons. The predicted octanol–water partition coefficient (Wildman–Crippen LogP) is 3.14. The number of nitrogens with zero attached hydrogens (tertiary/aromatic N) is 3. The molecule has 0 saturated heterocycles. The van der Waals surface area contributed by atoms with Gasteiger partial charge in [0.1, 0.15) is 0 Å². The van der Waals surface area contributed by atoms with Crippen LogP contribution in [-0.2, 0) is 6.54 Å². The molecule has 3 rings (SSSR count). The molecule has 0 amide bonds. The first-order chi connectivity index (χ1) is 10.2. The Morgan fingerprint density at radius 1 is 1.33 bits per heavy atom. The van der Waals surface area contributed by atoms with Gasteiger partial charge in [-0.15, -0.1) is 0 Å². The zero-order valence-corrected chi connectivity index (χ0v) is 14.0. The Morgan fingerprint density at radius 3 is 2.76 bits per heavy atom. The molecule has 0 atom stereocenters. The van der Waals surface area contributed by atoms with E-state index in [0.717, 1.165) is 36.9 Å². The van der Waals surface area contributed by atoms with E-state index in [1.54, 1.807) is 0 Å². The fourth-order valence-electron chi connectivity index (χ4n) is 3.41. The normalized spacial score (nSPS) is 20.8. The summed E-state index contributed by atoms with van der Waals surface area (Å²) in [5.74, 6) is 1.26. The van der Waals surface area contributed by atoms with Crippen LogP contribution in [0.3, 0.4) is 0 Å². The molecular weight excluding hydrogens is 280 g/mol. The van der Waals surface area contributed by atoms with Crippen molar-refractivity contribution in [2.45, 2.75) is 52.5 Å². The van der Waals surface area contributed by atoms with Gasteiger partial charge in [-0.2, -0.15) is 5.10 Å². The van der Waals surface area contributed by atoms with Gasteiger partial charge in [0, 0.05) is 31.1 Å². The van der Waals surface area contributed by atoms with Crippen molar-refractivity contribution in [2.75, 3.05) is 18.8 Å². The highest BCUT2D eigenvalue weighted by atomic mass is 32.2. The Hall–Kier alpha value is -0.970. The van der Waals surface area contributed by atoms with E-state index in [0.29, 0.717) is 5.41 Å². The fraction of sp³-hybridized carbons (Fsp3) is 0.750. The number of aryl methyl sites for hydroxylation is 3. The largest absolute Gasteiger partial charge is 0.365 e. The van der Waals surface area contributed by atoms with Gasteiger partial charge in [-0.05, 0) is 44.6 Å². The number of aromatic nitrogens is 2. The van der Waals surface area contributed by atoms with Gasteiger partial charge >= 0.3 is 0 Å². The maximum Gasteiger partial charge on any atom is 0.156 e. The van der Waals surface area contributed by atoms with Gasteiger partial charge < -0.3 is 5.32 Å². The third kappa shape index (κ3) is 3.62. The zero-order chi connectivity index (χ0) is 14.7. The van der Waals surface area contributed by atoms with E-state index < -0.39 is 0 Å². The molecule has 5 heteroatoms. The third-order valence-corrected chi connectivity index (χ3v) is 5.97. The van der Waals surface area contributed by atoms with Crippen LogP contribution in [-0.4, -0.2) is 33.8 Å². The lowest BCUT2D eigenvalue weighted by Gasteiger charge is -2.31. The minimum absolute atomic E-state index is 0.541. The van der Waals surface area contributed by atoms with Crippen molar-refractivity contribution in [1.82, 2.24) is 15.1 Å². The molecule has 1 aromatic heterocycles. The molecule has 2 heterocycles. The van der Waals surface area contributed by atoms with Crippen LogP contribution in [0.4, 0.5) is 0 Å². The summed E-state index contributed by atoms with van der Waals surface area (Å²) in [6, 6.07) is 2.13. The average Bonchev–Trinajstić information content (AvgIpc) is 3.04. The van der Waals surface area contributed by atoms with E-state index in [9.17, 15) is 0 Å². The van der Waals surface area contributed by atoms with Crippen LogP contribution in [0, 0.1) is 19.3 Å². The second kappa shape index (κ2) is 6.42. The molecule has 0 bridgehead atoms. The fourth-order valence-corrected chi connectivity index (χ4v) is 4.59. The lowest BCUT2D eigenvalue weighted by Crippen LogP contribution is -2.34. The van der Waals surface area contributed by atoms with Crippen LogP contribution in [0.1, 0.15) is 43.5 Å². The van der Waals surface area contributed by atoms with Gasteiger partial charge in [-0.1, -0.05) is 24.6 Å². The second-order valence-electron chi connectivity index (χ2n) is 6.55. The Kier molecular flexibility index (Phi) is 4.57. The van der Waals surface area contributed by atoms with Crippen molar-refractivity contribution in [3.05, 3.63) is 17.5 Å². The van der Waals surface area contributed by atoms with Crippen LogP contribution in [0.2, 0.25) is 0 Å².